The van der Waals surface area contributed by atoms with Crippen molar-refractivity contribution in [3.63, 3.8) is 0 Å². The predicted molar refractivity (Wildman–Crippen MR) is 101 cm³/mol. The van der Waals surface area contributed by atoms with Crippen LogP contribution in [0.5, 0.6) is 11.8 Å². The number of nitrogens with zero attached hydrogens (tertiary/aromatic N) is 2. The van der Waals surface area contributed by atoms with Crippen LogP contribution in [0.3, 0.4) is 0 Å². The van der Waals surface area contributed by atoms with Gasteiger partial charge in [0.2, 0.25) is 0 Å². The largest absolute Gasteiger partial charge is 0.490 e. The average Bonchev–Trinajstić information content (AvgIpc) is 3.13. The van der Waals surface area contributed by atoms with Crippen LogP contribution in [0.1, 0.15) is 5.69 Å². The maximum absolute atomic E-state index is 13.9. The fourth-order valence-corrected chi connectivity index (χ4v) is 3.25. The van der Waals surface area contributed by atoms with Gasteiger partial charge in [0.15, 0.2) is 17.7 Å². The van der Waals surface area contributed by atoms with Crippen LogP contribution in [0, 0.1) is 17.5 Å². The van der Waals surface area contributed by atoms with Crippen LogP contribution in [0.25, 0.3) is 11.1 Å². The van der Waals surface area contributed by atoms with Crippen molar-refractivity contribution in [2.24, 2.45) is 0 Å². The van der Waals surface area contributed by atoms with Gasteiger partial charge in [-0.1, -0.05) is 12.1 Å². The number of ether oxygens (including phenoxy) is 3. The smallest absolute Gasteiger partial charge is 0.300 e. The van der Waals surface area contributed by atoms with Crippen molar-refractivity contribution in [2.75, 3.05) is 13.7 Å². The van der Waals surface area contributed by atoms with E-state index in [1.807, 2.05) is 0 Å². The fourth-order valence-electron chi connectivity index (χ4n) is 3.25. The van der Waals surface area contributed by atoms with Crippen molar-refractivity contribution in [3.05, 3.63) is 76.0 Å². The highest BCUT2D eigenvalue weighted by molar-refractivity contribution is 5.65. The average molecular weight is 418 g/mol. The Balaban J connectivity index is 1.43. The van der Waals surface area contributed by atoms with Gasteiger partial charge in [-0.25, -0.2) is 13.2 Å². The molecule has 0 amide bonds. The summed E-state index contributed by atoms with van der Waals surface area (Å²) in [6.45, 7) is 0.861. The minimum absolute atomic E-state index is 0.171. The number of hydrogen-bond donors (Lipinski definition) is 0. The summed E-state index contributed by atoms with van der Waals surface area (Å²) < 4.78 is 59.0. The minimum Gasteiger partial charge on any atom is -0.490 e. The zero-order valence-electron chi connectivity index (χ0n) is 15.9. The summed E-state index contributed by atoms with van der Waals surface area (Å²) in [6.07, 6.45) is -0.371. The molecule has 0 bridgehead atoms. The van der Waals surface area contributed by atoms with Crippen LogP contribution < -0.4 is 15.0 Å². The summed E-state index contributed by atoms with van der Waals surface area (Å²) >= 11 is 0. The standard InChI is InChI=1S/C21H17F3N2O4/c1-28-10-14-8-19(27)25-21-26(14)9-16(30-21)11-29-15-4-2-12(3-5-15)17-6-13(22)7-18(23)20(17)24/h2-8,16H,9-11H2,1H3. The molecule has 0 saturated heterocycles. The van der Waals surface area contributed by atoms with Gasteiger partial charge in [0, 0.05) is 24.8 Å². The molecule has 1 atom stereocenters. The van der Waals surface area contributed by atoms with E-state index >= 15 is 0 Å². The van der Waals surface area contributed by atoms with Gasteiger partial charge in [-0.15, -0.1) is 0 Å². The number of benzene rings is 2. The molecule has 1 aliphatic heterocycles. The van der Waals surface area contributed by atoms with Crippen LogP contribution in [0.4, 0.5) is 13.2 Å². The second kappa shape index (κ2) is 8.19. The first-order chi connectivity index (χ1) is 14.4. The van der Waals surface area contributed by atoms with Crippen LogP contribution in [0.15, 0.2) is 47.3 Å². The van der Waals surface area contributed by atoms with Gasteiger partial charge in [0.25, 0.3) is 5.56 Å². The quantitative estimate of drug-likeness (QED) is 0.575. The first-order valence-corrected chi connectivity index (χ1v) is 9.08. The SMILES string of the molecule is COCc1cc(=O)nc2n1CC(COc1ccc(-c3cc(F)cc(F)c3F)cc1)O2. The third kappa shape index (κ3) is 4.02. The Labute approximate surface area is 169 Å². The molecule has 0 saturated carbocycles. The number of aromatic nitrogens is 2. The minimum atomic E-state index is -1.25. The van der Waals surface area contributed by atoms with E-state index in [4.69, 9.17) is 14.2 Å². The monoisotopic (exact) mass is 418 g/mol. The molecule has 6 nitrogen and oxygen atoms in total. The molecule has 4 rings (SSSR count). The first-order valence-electron chi connectivity index (χ1n) is 9.08. The lowest BCUT2D eigenvalue weighted by Crippen LogP contribution is -2.23. The normalized spacial score (nSPS) is 15.0. The van der Waals surface area contributed by atoms with Crippen LogP contribution in [-0.2, 0) is 17.9 Å². The summed E-state index contributed by atoms with van der Waals surface area (Å²) in [5.41, 5.74) is 0.389. The highest BCUT2D eigenvalue weighted by Crippen LogP contribution is 2.28. The number of rotatable bonds is 6. The molecule has 156 valence electrons. The first kappa shape index (κ1) is 20.0. The molecule has 2 aromatic carbocycles. The van der Waals surface area contributed by atoms with Gasteiger partial charge in [-0.05, 0) is 23.8 Å². The molecule has 0 fully saturated rings. The lowest BCUT2D eigenvalue weighted by molar-refractivity contribution is 0.143. The van der Waals surface area contributed by atoms with E-state index in [1.54, 1.807) is 16.7 Å². The van der Waals surface area contributed by atoms with E-state index in [0.29, 0.717) is 29.6 Å². The molecular weight excluding hydrogens is 401 g/mol. The summed E-state index contributed by atoms with van der Waals surface area (Å²) in [4.78, 5) is 15.5. The maximum Gasteiger partial charge on any atom is 0.300 e. The van der Waals surface area contributed by atoms with Crippen molar-refractivity contribution < 1.29 is 27.4 Å². The van der Waals surface area contributed by atoms with E-state index in [1.165, 1.54) is 25.3 Å². The molecule has 1 unspecified atom stereocenters. The Kier molecular flexibility index (Phi) is 5.45. The molecule has 3 aromatic rings. The van der Waals surface area contributed by atoms with Gasteiger partial charge in [-0.3, -0.25) is 9.36 Å². The molecule has 1 aromatic heterocycles. The van der Waals surface area contributed by atoms with Crippen molar-refractivity contribution >= 4 is 0 Å². The Morgan fingerprint density at radius 2 is 1.93 bits per heavy atom. The number of hydrogen-bond acceptors (Lipinski definition) is 5. The van der Waals surface area contributed by atoms with Crippen molar-refractivity contribution in [1.82, 2.24) is 9.55 Å². The molecule has 30 heavy (non-hydrogen) atoms. The van der Waals surface area contributed by atoms with E-state index in [0.717, 1.165) is 6.07 Å². The third-order valence-electron chi connectivity index (χ3n) is 4.62. The Hall–Kier alpha value is -3.33. The van der Waals surface area contributed by atoms with E-state index < -0.39 is 23.0 Å². The van der Waals surface area contributed by atoms with Crippen LogP contribution >= 0.6 is 0 Å². The molecule has 2 heterocycles. The zero-order chi connectivity index (χ0) is 21.3. The maximum atomic E-state index is 13.9. The summed E-state index contributed by atoms with van der Waals surface area (Å²) in [5, 5.41) is 0. The second-order valence-electron chi connectivity index (χ2n) is 6.74. The van der Waals surface area contributed by atoms with E-state index in [2.05, 4.69) is 4.98 Å². The lowest BCUT2D eigenvalue weighted by atomic mass is 10.0. The Bertz CT molecular complexity index is 1130. The lowest BCUT2D eigenvalue weighted by Gasteiger charge is -2.12. The van der Waals surface area contributed by atoms with E-state index in [-0.39, 0.29) is 30.9 Å². The third-order valence-corrected chi connectivity index (χ3v) is 4.62. The van der Waals surface area contributed by atoms with Gasteiger partial charge in [0.1, 0.15) is 18.2 Å². The molecule has 9 heteroatoms. The number of fused-ring (bicyclic) bond motifs is 1. The van der Waals surface area contributed by atoms with Gasteiger partial charge >= 0.3 is 6.01 Å². The Morgan fingerprint density at radius 1 is 1.17 bits per heavy atom. The molecular formula is C21H17F3N2O4. The highest BCUT2D eigenvalue weighted by atomic mass is 19.2. The van der Waals surface area contributed by atoms with Crippen molar-refractivity contribution in [1.29, 1.82) is 0 Å². The molecule has 0 N–H and O–H groups in total. The predicted octanol–water partition coefficient (Wildman–Crippen LogP) is 3.31. The number of methoxy groups -OCH3 is 1. The van der Waals surface area contributed by atoms with Gasteiger partial charge < -0.3 is 14.2 Å². The topological polar surface area (TPSA) is 62.6 Å². The fraction of sp³-hybridized carbons (Fsp3) is 0.238. The highest BCUT2D eigenvalue weighted by Gasteiger charge is 2.26. The van der Waals surface area contributed by atoms with E-state index in [9.17, 15) is 18.0 Å². The molecule has 1 aliphatic rings. The van der Waals surface area contributed by atoms with Crippen LogP contribution in [-0.4, -0.2) is 29.4 Å². The van der Waals surface area contributed by atoms with Crippen molar-refractivity contribution in [2.45, 2.75) is 19.3 Å². The van der Waals surface area contributed by atoms with Crippen LogP contribution in [0.2, 0.25) is 0 Å². The van der Waals surface area contributed by atoms with Gasteiger partial charge in [0.05, 0.1) is 18.8 Å². The number of halogens is 3. The van der Waals surface area contributed by atoms with Gasteiger partial charge in [-0.2, -0.15) is 4.98 Å². The molecule has 0 aliphatic carbocycles. The Morgan fingerprint density at radius 3 is 2.67 bits per heavy atom. The van der Waals surface area contributed by atoms with Crippen molar-refractivity contribution in [3.8, 4) is 22.9 Å². The summed E-state index contributed by atoms with van der Waals surface area (Å²) in [7, 11) is 1.53. The second-order valence-corrected chi connectivity index (χ2v) is 6.74. The molecule has 0 spiro atoms. The summed E-state index contributed by atoms with van der Waals surface area (Å²) in [6, 6.07) is 9.19. The zero-order valence-corrected chi connectivity index (χ0v) is 15.9. The molecule has 0 radical (unpaired) electrons. The summed E-state index contributed by atoms with van der Waals surface area (Å²) in [5.74, 6) is -2.75.